The van der Waals surface area contributed by atoms with Crippen molar-refractivity contribution < 1.29 is 34.1 Å². The molecule has 4 rings (SSSR count). The van der Waals surface area contributed by atoms with Gasteiger partial charge in [-0.05, 0) is 56.0 Å². The summed E-state index contributed by atoms with van der Waals surface area (Å²) in [5, 5.41) is 24.4. The van der Waals surface area contributed by atoms with E-state index in [0.717, 1.165) is 12.8 Å². The minimum atomic E-state index is -1.94. The van der Waals surface area contributed by atoms with E-state index in [9.17, 15) is 29.4 Å². The lowest BCUT2D eigenvalue weighted by Crippen LogP contribution is -2.44. The van der Waals surface area contributed by atoms with E-state index in [4.69, 9.17) is 4.74 Å². The molecule has 3 N–H and O–H groups in total. The molecule has 2 aliphatic heterocycles. The molecule has 1 fully saturated rings. The van der Waals surface area contributed by atoms with E-state index in [2.05, 4.69) is 5.32 Å². The lowest BCUT2D eigenvalue weighted by atomic mass is 9.82. The second-order valence-electron chi connectivity index (χ2n) is 10.8. The number of hydrogen-bond donors (Lipinski definition) is 3. The third-order valence-corrected chi connectivity index (χ3v) is 8.09. The lowest BCUT2D eigenvalue weighted by molar-refractivity contribution is -0.140. The number of rotatable bonds is 12. The summed E-state index contributed by atoms with van der Waals surface area (Å²) in [5.74, 6) is -1.98. The van der Waals surface area contributed by atoms with Crippen molar-refractivity contribution in [3.05, 3.63) is 71.8 Å². The minimum Gasteiger partial charge on any atom is -0.469 e. The zero-order valence-electron chi connectivity index (χ0n) is 24.1. The number of carbonyl (C=O) groups excluding carboxylic acids is 4. The number of aliphatic hydroxyl groups excluding tert-OH is 1. The summed E-state index contributed by atoms with van der Waals surface area (Å²) in [6.07, 6.45) is 6.28. The molecule has 0 aliphatic carbocycles. The summed E-state index contributed by atoms with van der Waals surface area (Å²) in [5.41, 5.74) is -0.158. The Kier molecular flexibility index (Phi) is 10.1. The Bertz CT molecular complexity index is 1330. The average molecular weight is 578 g/mol. The van der Waals surface area contributed by atoms with Gasteiger partial charge in [0.1, 0.15) is 0 Å². The van der Waals surface area contributed by atoms with Crippen LogP contribution in [0.3, 0.4) is 0 Å². The number of unbranched alkanes of at least 4 members (excludes halogenated alkanes) is 1. The number of carbonyl (C=O) groups is 4. The van der Waals surface area contributed by atoms with E-state index < -0.39 is 17.4 Å². The third-order valence-electron chi connectivity index (χ3n) is 8.09. The molecular formula is C32H39N3O7. The third kappa shape index (κ3) is 6.55. The molecule has 3 atom stereocenters. The second-order valence-corrected chi connectivity index (χ2v) is 10.8. The molecule has 10 heteroatoms. The van der Waals surface area contributed by atoms with Gasteiger partial charge in [-0.1, -0.05) is 37.3 Å². The Morgan fingerprint density at radius 1 is 1.17 bits per heavy atom. The molecule has 0 aromatic heterocycles. The van der Waals surface area contributed by atoms with Crippen molar-refractivity contribution >= 4 is 35.1 Å². The van der Waals surface area contributed by atoms with E-state index in [-0.39, 0.29) is 49.8 Å². The first-order valence-electron chi connectivity index (χ1n) is 14.4. The van der Waals surface area contributed by atoms with Gasteiger partial charge in [0.05, 0.1) is 25.4 Å². The minimum absolute atomic E-state index is 0.0739. The van der Waals surface area contributed by atoms with Gasteiger partial charge in [0.25, 0.3) is 11.8 Å². The van der Waals surface area contributed by atoms with Crippen LogP contribution < -0.4 is 10.2 Å². The highest BCUT2D eigenvalue weighted by atomic mass is 16.5. The van der Waals surface area contributed by atoms with Crippen LogP contribution in [-0.4, -0.2) is 71.7 Å². The van der Waals surface area contributed by atoms with Crippen LogP contribution >= 0.6 is 0 Å². The average Bonchev–Trinajstić information content (AvgIpc) is 3.57. The summed E-state index contributed by atoms with van der Waals surface area (Å²) in [7, 11) is 1.33. The number of likely N-dealkylation sites (tertiary alicyclic amines) is 1. The number of aliphatic hydroxyl groups is 2. The Balaban J connectivity index is 1.56. The van der Waals surface area contributed by atoms with Crippen molar-refractivity contribution in [2.75, 3.05) is 37.0 Å². The highest BCUT2D eigenvalue weighted by molar-refractivity contribution is 6.09. The van der Waals surface area contributed by atoms with Gasteiger partial charge < -0.3 is 30.1 Å². The van der Waals surface area contributed by atoms with Crippen LogP contribution in [0.2, 0.25) is 0 Å². The second kappa shape index (κ2) is 13.8. The molecule has 0 saturated carbocycles. The highest BCUT2D eigenvalue weighted by Crippen LogP contribution is 2.46. The predicted molar refractivity (Wildman–Crippen MR) is 158 cm³/mol. The molecule has 2 aromatic rings. The molecule has 2 heterocycles. The highest BCUT2D eigenvalue weighted by Gasteiger charge is 2.52. The van der Waals surface area contributed by atoms with Crippen LogP contribution in [-0.2, 0) is 24.7 Å². The first kappa shape index (κ1) is 30.9. The molecule has 2 aromatic carbocycles. The summed E-state index contributed by atoms with van der Waals surface area (Å²) in [4.78, 5) is 54.1. The lowest BCUT2D eigenvalue weighted by Gasteiger charge is -2.28. The number of fused-ring (bicyclic) bond motifs is 1. The summed E-state index contributed by atoms with van der Waals surface area (Å²) >= 11 is 0. The van der Waals surface area contributed by atoms with Crippen LogP contribution in [0.4, 0.5) is 11.4 Å². The van der Waals surface area contributed by atoms with Gasteiger partial charge >= 0.3 is 5.97 Å². The first-order valence-corrected chi connectivity index (χ1v) is 14.4. The number of ether oxygens (including phenoxy) is 1. The zero-order valence-corrected chi connectivity index (χ0v) is 24.1. The molecule has 0 bridgehead atoms. The van der Waals surface area contributed by atoms with E-state index in [0.29, 0.717) is 41.9 Å². The number of esters is 1. The van der Waals surface area contributed by atoms with Crippen molar-refractivity contribution in [3.63, 3.8) is 0 Å². The Morgan fingerprint density at radius 2 is 1.93 bits per heavy atom. The monoisotopic (exact) mass is 577 g/mol. The predicted octanol–water partition coefficient (Wildman–Crippen LogP) is 3.38. The molecule has 224 valence electrons. The number of amides is 3. The van der Waals surface area contributed by atoms with Gasteiger partial charge in [0.15, 0.2) is 5.60 Å². The van der Waals surface area contributed by atoms with Crippen molar-refractivity contribution in [1.29, 1.82) is 0 Å². The van der Waals surface area contributed by atoms with E-state index in [1.165, 1.54) is 12.0 Å². The van der Waals surface area contributed by atoms with Crippen LogP contribution in [0.25, 0.3) is 0 Å². The summed E-state index contributed by atoms with van der Waals surface area (Å²) in [6, 6.07) is 13.6. The number of nitrogens with zero attached hydrogens (tertiary/aromatic N) is 2. The van der Waals surface area contributed by atoms with Gasteiger partial charge in [-0.15, -0.1) is 0 Å². The van der Waals surface area contributed by atoms with Crippen molar-refractivity contribution in [2.24, 2.45) is 5.92 Å². The van der Waals surface area contributed by atoms with Crippen molar-refractivity contribution in [3.8, 4) is 0 Å². The topological polar surface area (TPSA) is 136 Å². The van der Waals surface area contributed by atoms with Crippen LogP contribution in [0.1, 0.15) is 61.4 Å². The molecule has 3 amide bonds. The molecule has 2 aliphatic rings. The van der Waals surface area contributed by atoms with Gasteiger partial charge in [-0.2, -0.15) is 0 Å². The fourth-order valence-electron chi connectivity index (χ4n) is 5.66. The fourth-order valence-corrected chi connectivity index (χ4v) is 5.66. The van der Waals surface area contributed by atoms with Crippen molar-refractivity contribution in [1.82, 2.24) is 4.90 Å². The summed E-state index contributed by atoms with van der Waals surface area (Å²) in [6.45, 7) is 2.53. The maximum atomic E-state index is 13.8. The number of methoxy groups -OCH3 is 1. The number of anilines is 2. The molecule has 1 saturated heterocycles. The quantitative estimate of drug-likeness (QED) is 0.200. The first-order chi connectivity index (χ1) is 20.2. The fraction of sp³-hybridized carbons (Fsp3) is 0.438. The number of benzene rings is 2. The number of hydrogen-bond acceptors (Lipinski definition) is 7. The SMILES string of the molecule is COC(=O)CCCCN1C(=O)[C@](O)([C@H](C)/C=C/CC(=O)N2CCC[C@H]2CO)c2cc(NC(=O)c3ccccc3)ccc21. The molecular weight excluding hydrogens is 538 g/mol. The Labute approximate surface area is 246 Å². The molecule has 42 heavy (non-hydrogen) atoms. The summed E-state index contributed by atoms with van der Waals surface area (Å²) < 4.78 is 4.70. The smallest absolute Gasteiger partial charge is 0.305 e. The molecule has 0 unspecified atom stereocenters. The molecule has 0 spiro atoms. The zero-order chi connectivity index (χ0) is 30.3. The maximum Gasteiger partial charge on any atom is 0.305 e. The Morgan fingerprint density at radius 3 is 2.64 bits per heavy atom. The van der Waals surface area contributed by atoms with Crippen LogP contribution in [0.5, 0.6) is 0 Å². The Hall–Kier alpha value is -4.02. The molecule has 10 nitrogen and oxygen atoms in total. The van der Waals surface area contributed by atoms with Crippen LogP contribution in [0.15, 0.2) is 60.7 Å². The van der Waals surface area contributed by atoms with Gasteiger partial charge in [0, 0.05) is 48.7 Å². The normalized spacial score (nSPS) is 20.6. The van der Waals surface area contributed by atoms with Gasteiger partial charge in [-0.3, -0.25) is 19.2 Å². The van der Waals surface area contributed by atoms with Gasteiger partial charge in [-0.25, -0.2) is 0 Å². The van der Waals surface area contributed by atoms with Gasteiger partial charge in [0.2, 0.25) is 5.91 Å². The maximum absolute atomic E-state index is 13.8. The van der Waals surface area contributed by atoms with Crippen LogP contribution in [0, 0.1) is 5.92 Å². The molecule has 0 radical (unpaired) electrons. The largest absolute Gasteiger partial charge is 0.469 e. The van der Waals surface area contributed by atoms with Crippen molar-refractivity contribution in [2.45, 2.75) is 57.1 Å². The van der Waals surface area contributed by atoms with E-state index in [1.54, 1.807) is 66.4 Å². The van der Waals surface area contributed by atoms with E-state index >= 15 is 0 Å². The van der Waals surface area contributed by atoms with E-state index in [1.807, 2.05) is 6.07 Å². The number of nitrogens with one attached hydrogen (secondary N) is 1. The standard InChI is InChI=1S/C32H39N3O7/c1-22(10-8-14-28(37)34-19-9-13-25(34)21-36)32(41)26-20-24(33-30(39)23-11-4-3-5-12-23)16-17-27(26)35(31(32)40)18-7-6-15-29(38)42-2/h3-5,8,10-12,16-17,20,22,25,36,41H,6-7,9,13-15,18-19,21H2,1-2H3,(H,33,39)/b10-8+/t22-,25+,32+/m1/s1.